The van der Waals surface area contributed by atoms with Gasteiger partial charge >= 0.3 is 6.03 Å². The SMILES string of the molecule is CCCCC(Nc1cncc(-c2ccc(NC(=O)NCC)c(C)c2)n1)c1ccccn1. The molecule has 1 unspecified atom stereocenters. The fourth-order valence-electron chi connectivity index (χ4n) is 3.33. The predicted octanol–water partition coefficient (Wildman–Crippen LogP) is 5.33. The van der Waals surface area contributed by atoms with Crippen LogP contribution in [0.25, 0.3) is 11.3 Å². The monoisotopic (exact) mass is 418 g/mol. The highest BCUT2D eigenvalue weighted by atomic mass is 16.2. The molecule has 0 radical (unpaired) electrons. The van der Waals surface area contributed by atoms with E-state index >= 15 is 0 Å². The van der Waals surface area contributed by atoms with Gasteiger partial charge in [-0.1, -0.05) is 31.9 Å². The molecule has 1 atom stereocenters. The first kappa shape index (κ1) is 22.2. The number of aromatic nitrogens is 3. The number of unbranched alkanes of at least 4 members (excludes halogenated alkanes) is 1. The average Bonchev–Trinajstić information content (AvgIpc) is 2.79. The van der Waals surface area contributed by atoms with Crippen molar-refractivity contribution in [3.05, 3.63) is 66.2 Å². The van der Waals surface area contributed by atoms with E-state index in [9.17, 15) is 4.79 Å². The summed E-state index contributed by atoms with van der Waals surface area (Å²) in [6.07, 6.45) is 8.49. The number of urea groups is 1. The largest absolute Gasteiger partial charge is 0.360 e. The zero-order chi connectivity index (χ0) is 22.1. The molecule has 3 N–H and O–H groups in total. The minimum atomic E-state index is -0.211. The Hall–Kier alpha value is -3.48. The predicted molar refractivity (Wildman–Crippen MR) is 125 cm³/mol. The summed E-state index contributed by atoms with van der Waals surface area (Å²) in [5.74, 6) is 0.714. The van der Waals surface area contributed by atoms with Crippen molar-refractivity contribution in [1.82, 2.24) is 20.3 Å². The number of nitrogens with one attached hydrogen (secondary N) is 3. The second-order valence-corrected chi connectivity index (χ2v) is 7.40. The lowest BCUT2D eigenvalue weighted by Gasteiger charge is -2.19. The van der Waals surface area contributed by atoms with Crippen LogP contribution in [0.15, 0.2) is 55.0 Å². The summed E-state index contributed by atoms with van der Waals surface area (Å²) in [4.78, 5) is 25.5. The maximum absolute atomic E-state index is 11.8. The minimum Gasteiger partial charge on any atom is -0.360 e. The summed E-state index contributed by atoms with van der Waals surface area (Å²) in [6, 6.07) is 11.7. The van der Waals surface area contributed by atoms with Crippen molar-refractivity contribution >= 4 is 17.5 Å². The number of hydrogen-bond donors (Lipinski definition) is 3. The minimum absolute atomic E-state index is 0.0797. The number of hydrogen-bond acceptors (Lipinski definition) is 5. The Labute approximate surface area is 183 Å². The Morgan fingerprint density at radius 2 is 2.00 bits per heavy atom. The molecule has 2 heterocycles. The van der Waals surface area contributed by atoms with Crippen LogP contribution in [0.1, 0.15) is 50.4 Å². The summed E-state index contributed by atoms with van der Waals surface area (Å²) in [7, 11) is 0. The standard InChI is InChI=1S/C24H30N6O/c1-4-6-9-21(20-10-7-8-13-27-20)28-23-16-25-15-22(29-23)18-11-12-19(17(3)14-18)30-24(31)26-5-2/h7-8,10-16,21H,4-6,9H2,1-3H3,(H,28,29)(H2,26,30,31). The summed E-state index contributed by atoms with van der Waals surface area (Å²) in [6.45, 7) is 6.61. The molecule has 0 bridgehead atoms. The van der Waals surface area contributed by atoms with E-state index in [1.807, 2.05) is 56.4 Å². The lowest BCUT2D eigenvalue weighted by atomic mass is 10.1. The molecule has 7 nitrogen and oxygen atoms in total. The van der Waals surface area contributed by atoms with Crippen molar-refractivity contribution in [2.24, 2.45) is 0 Å². The molecule has 0 spiro atoms. The molecule has 162 valence electrons. The topological polar surface area (TPSA) is 91.8 Å². The van der Waals surface area contributed by atoms with Crippen LogP contribution in [0, 0.1) is 6.92 Å². The molecule has 7 heteroatoms. The smallest absolute Gasteiger partial charge is 0.319 e. The number of carbonyl (C=O) groups excluding carboxylic acids is 1. The quantitative estimate of drug-likeness (QED) is 0.437. The van der Waals surface area contributed by atoms with Gasteiger partial charge in [0.15, 0.2) is 0 Å². The van der Waals surface area contributed by atoms with Crippen LogP contribution in [-0.2, 0) is 0 Å². The summed E-state index contributed by atoms with van der Waals surface area (Å²) < 4.78 is 0. The molecule has 0 saturated heterocycles. The second-order valence-electron chi connectivity index (χ2n) is 7.40. The van der Waals surface area contributed by atoms with E-state index in [1.165, 1.54) is 0 Å². The Balaban J connectivity index is 1.79. The van der Waals surface area contributed by atoms with Crippen molar-refractivity contribution < 1.29 is 4.79 Å². The van der Waals surface area contributed by atoms with E-state index < -0.39 is 0 Å². The molecule has 0 aliphatic rings. The Bertz CT molecular complexity index is 992. The number of rotatable bonds is 9. The number of benzene rings is 1. The maximum Gasteiger partial charge on any atom is 0.319 e. The van der Waals surface area contributed by atoms with Gasteiger partial charge in [-0.25, -0.2) is 9.78 Å². The van der Waals surface area contributed by atoms with Crippen LogP contribution in [0.4, 0.5) is 16.3 Å². The van der Waals surface area contributed by atoms with Gasteiger partial charge in [0.1, 0.15) is 5.82 Å². The van der Waals surface area contributed by atoms with Crippen LogP contribution < -0.4 is 16.0 Å². The van der Waals surface area contributed by atoms with Gasteiger partial charge in [-0.3, -0.25) is 9.97 Å². The van der Waals surface area contributed by atoms with Gasteiger partial charge < -0.3 is 16.0 Å². The van der Waals surface area contributed by atoms with Gasteiger partial charge in [-0.15, -0.1) is 0 Å². The average molecular weight is 419 g/mol. The lowest BCUT2D eigenvalue weighted by Crippen LogP contribution is -2.28. The molecule has 1 aromatic carbocycles. The molecular weight excluding hydrogens is 388 g/mol. The van der Waals surface area contributed by atoms with E-state index in [0.717, 1.165) is 47.5 Å². The zero-order valence-corrected chi connectivity index (χ0v) is 18.4. The van der Waals surface area contributed by atoms with Gasteiger partial charge in [-0.05, 0) is 50.1 Å². The van der Waals surface area contributed by atoms with Crippen LogP contribution in [0.3, 0.4) is 0 Å². The Morgan fingerprint density at radius 3 is 2.71 bits per heavy atom. The molecule has 2 amide bonds. The Kier molecular flexibility index (Phi) is 7.92. The molecule has 0 fully saturated rings. The van der Waals surface area contributed by atoms with Crippen molar-refractivity contribution in [3.63, 3.8) is 0 Å². The first-order chi connectivity index (χ1) is 15.1. The van der Waals surface area contributed by atoms with Gasteiger partial charge in [0.25, 0.3) is 0 Å². The number of anilines is 2. The lowest BCUT2D eigenvalue weighted by molar-refractivity contribution is 0.252. The normalized spacial score (nSPS) is 11.6. The number of pyridine rings is 1. The van der Waals surface area contributed by atoms with Crippen LogP contribution >= 0.6 is 0 Å². The van der Waals surface area contributed by atoms with Gasteiger partial charge in [0, 0.05) is 24.0 Å². The Morgan fingerprint density at radius 1 is 1.13 bits per heavy atom. The fraction of sp³-hybridized carbons (Fsp3) is 0.333. The molecule has 31 heavy (non-hydrogen) atoms. The molecule has 0 saturated carbocycles. The third-order valence-electron chi connectivity index (χ3n) is 4.96. The second kappa shape index (κ2) is 11.1. The first-order valence-corrected chi connectivity index (χ1v) is 10.8. The molecule has 3 aromatic rings. The van der Waals surface area contributed by atoms with Gasteiger partial charge in [0.2, 0.25) is 0 Å². The molecule has 0 aliphatic heterocycles. The van der Waals surface area contributed by atoms with Crippen LogP contribution in [0.2, 0.25) is 0 Å². The summed E-state index contributed by atoms with van der Waals surface area (Å²) in [5, 5.41) is 9.10. The van der Waals surface area contributed by atoms with E-state index in [4.69, 9.17) is 4.98 Å². The first-order valence-electron chi connectivity index (χ1n) is 10.8. The van der Waals surface area contributed by atoms with Gasteiger partial charge in [0.05, 0.1) is 29.8 Å². The summed E-state index contributed by atoms with van der Waals surface area (Å²) in [5.41, 5.74) is 4.44. The van der Waals surface area contributed by atoms with Crippen LogP contribution in [0.5, 0.6) is 0 Å². The number of nitrogens with zero attached hydrogens (tertiary/aromatic N) is 3. The zero-order valence-electron chi connectivity index (χ0n) is 18.4. The van der Waals surface area contributed by atoms with Crippen molar-refractivity contribution in [2.75, 3.05) is 17.2 Å². The number of carbonyl (C=O) groups is 1. The third kappa shape index (κ3) is 6.25. The number of amides is 2. The van der Waals surface area contributed by atoms with Crippen molar-refractivity contribution in [1.29, 1.82) is 0 Å². The van der Waals surface area contributed by atoms with E-state index in [2.05, 4.69) is 32.8 Å². The van der Waals surface area contributed by atoms with E-state index in [-0.39, 0.29) is 12.1 Å². The highest BCUT2D eigenvalue weighted by Gasteiger charge is 2.14. The third-order valence-corrected chi connectivity index (χ3v) is 4.96. The maximum atomic E-state index is 11.8. The van der Waals surface area contributed by atoms with Crippen LogP contribution in [-0.4, -0.2) is 27.5 Å². The fourth-order valence-corrected chi connectivity index (χ4v) is 3.33. The highest BCUT2D eigenvalue weighted by molar-refractivity contribution is 5.90. The summed E-state index contributed by atoms with van der Waals surface area (Å²) >= 11 is 0. The van der Waals surface area contributed by atoms with Crippen molar-refractivity contribution in [2.45, 2.75) is 46.1 Å². The van der Waals surface area contributed by atoms with E-state index in [0.29, 0.717) is 12.4 Å². The molecule has 3 rings (SSSR count). The molecule has 0 aliphatic carbocycles. The van der Waals surface area contributed by atoms with E-state index in [1.54, 1.807) is 12.4 Å². The highest BCUT2D eigenvalue weighted by Crippen LogP contribution is 2.26. The molecular formula is C24H30N6O. The molecule has 2 aromatic heterocycles. The number of aryl methyl sites for hydroxylation is 1. The van der Waals surface area contributed by atoms with Crippen molar-refractivity contribution in [3.8, 4) is 11.3 Å². The van der Waals surface area contributed by atoms with Gasteiger partial charge in [-0.2, -0.15) is 0 Å².